The molecule has 3 rings (SSSR count). The lowest BCUT2D eigenvalue weighted by Crippen LogP contribution is -2.14. The highest BCUT2D eigenvalue weighted by molar-refractivity contribution is 7.90. The minimum atomic E-state index is -4.56. The first-order valence-corrected chi connectivity index (χ1v) is 9.61. The zero-order chi connectivity index (χ0) is 20.5. The molecule has 1 N–H and O–H groups in total. The standard InChI is InChI=1S/C19H16F4N2O2S/c1-24-11-13-10-18(14-2-6-16(20)7-3-14)25(12-13)28(26,27)17-8-4-15(5-9-17)19(21,22)23/h2-10,12,24H,11H2,1H3. The fourth-order valence-electron chi connectivity index (χ4n) is 2.76. The van der Waals surface area contributed by atoms with E-state index in [-0.39, 0.29) is 10.6 Å². The van der Waals surface area contributed by atoms with E-state index in [1.54, 1.807) is 13.1 Å². The number of benzene rings is 2. The minimum absolute atomic E-state index is 0.282. The van der Waals surface area contributed by atoms with Crippen molar-refractivity contribution in [3.63, 3.8) is 0 Å². The van der Waals surface area contributed by atoms with E-state index in [1.807, 2.05) is 0 Å². The van der Waals surface area contributed by atoms with Gasteiger partial charge >= 0.3 is 6.18 Å². The molecule has 0 aliphatic rings. The lowest BCUT2D eigenvalue weighted by Gasteiger charge is -2.12. The minimum Gasteiger partial charge on any atom is -0.316 e. The summed E-state index contributed by atoms with van der Waals surface area (Å²) in [5.74, 6) is -0.470. The predicted molar refractivity (Wildman–Crippen MR) is 96.6 cm³/mol. The summed E-state index contributed by atoms with van der Waals surface area (Å²) in [6.07, 6.45) is -3.17. The van der Waals surface area contributed by atoms with Crippen molar-refractivity contribution in [1.82, 2.24) is 9.29 Å². The van der Waals surface area contributed by atoms with E-state index in [2.05, 4.69) is 5.32 Å². The van der Waals surface area contributed by atoms with Gasteiger partial charge in [0.2, 0.25) is 0 Å². The number of aromatic nitrogens is 1. The van der Waals surface area contributed by atoms with Gasteiger partial charge in [-0.3, -0.25) is 0 Å². The van der Waals surface area contributed by atoms with Gasteiger partial charge in [0.15, 0.2) is 0 Å². The van der Waals surface area contributed by atoms with Crippen LogP contribution in [0.4, 0.5) is 17.6 Å². The third kappa shape index (κ3) is 3.95. The molecule has 0 spiro atoms. The monoisotopic (exact) mass is 412 g/mol. The van der Waals surface area contributed by atoms with Crippen LogP contribution in [0.5, 0.6) is 0 Å². The van der Waals surface area contributed by atoms with Crippen LogP contribution in [0.1, 0.15) is 11.1 Å². The van der Waals surface area contributed by atoms with Gasteiger partial charge in [0.1, 0.15) is 5.82 Å². The number of hydrogen-bond donors (Lipinski definition) is 1. The molecule has 0 fully saturated rings. The highest BCUT2D eigenvalue weighted by Gasteiger charge is 2.31. The summed E-state index contributed by atoms with van der Waals surface area (Å²) in [5, 5.41) is 2.91. The lowest BCUT2D eigenvalue weighted by molar-refractivity contribution is -0.137. The van der Waals surface area contributed by atoms with Gasteiger partial charge in [-0.15, -0.1) is 0 Å². The maximum Gasteiger partial charge on any atom is 0.416 e. The number of hydrogen-bond acceptors (Lipinski definition) is 3. The molecule has 0 aliphatic heterocycles. The Bertz CT molecular complexity index is 1070. The Labute approximate surface area is 159 Å². The van der Waals surface area contributed by atoms with Crippen LogP contribution in [-0.4, -0.2) is 19.4 Å². The van der Waals surface area contributed by atoms with Gasteiger partial charge in [-0.05, 0) is 72.8 Å². The zero-order valence-corrected chi connectivity index (χ0v) is 15.5. The smallest absolute Gasteiger partial charge is 0.316 e. The number of nitrogens with zero attached hydrogens (tertiary/aromatic N) is 1. The highest BCUT2D eigenvalue weighted by atomic mass is 32.2. The fourth-order valence-corrected chi connectivity index (χ4v) is 4.16. The lowest BCUT2D eigenvalue weighted by atomic mass is 10.1. The van der Waals surface area contributed by atoms with Gasteiger partial charge in [-0.2, -0.15) is 13.2 Å². The van der Waals surface area contributed by atoms with Crippen LogP contribution in [0, 0.1) is 5.82 Å². The van der Waals surface area contributed by atoms with E-state index in [4.69, 9.17) is 0 Å². The van der Waals surface area contributed by atoms with E-state index >= 15 is 0 Å². The zero-order valence-electron chi connectivity index (χ0n) is 14.7. The van der Waals surface area contributed by atoms with Crippen LogP contribution in [0.15, 0.2) is 65.7 Å². The van der Waals surface area contributed by atoms with E-state index in [1.165, 1.54) is 30.5 Å². The molecule has 0 bridgehead atoms. The average Bonchev–Trinajstić information content (AvgIpc) is 3.07. The molecule has 3 aromatic rings. The molecule has 0 unspecified atom stereocenters. The van der Waals surface area contributed by atoms with Gasteiger partial charge in [-0.1, -0.05) is 0 Å². The topological polar surface area (TPSA) is 51.1 Å². The highest BCUT2D eigenvalue weighted by Crippen LogP contribution is 2.31. The summed E-state index contributed by atoms with van der Waals surface area (Å²) in [7, 11) is -2.47. The van der Waals surface area contributed by atoms with Crippen molar-refractivity contribution in [3.05, 3.63) is 77.7 Å². The Morgan fingerprint density at radius 1 is 1.00 bits per heavy atom. The van der Waals surface area contributed by atoms with Crippen molar-refractivity contribution in [1.29, 1.82) is 0 Å². The summed E-state index contributed by atoms with van der Waals surface area (Å²) in [4.78, 5) is -0.282. The van der Waals surface area contributed by atoms with Crippen LogP contribution in [0.25, 0.3) is 11.3 Å². The maximum absolute atomic E-state index is 13.2. The molecule has 0 atom stereocenters. The van der Waals surface area contributed by atoms with Gasteiger partial charge < -0.3 is 5.32 Å². The van der Waals surface area contributed by atoms with E-state index in [9.17, 15) is 26.0 Å². The molecule has 0 aliphatic carbocycles. The van der Waals surface area contributed by atoms with Crippen molar-refractivity contribution >= 4 is 10.0 Å². The Morgan fingerprint density at radius 2 is 1.61 bits per heavy atom. The van der Waals surface area contributed by atoms with E-state index < -0.39 is 27.6 Å². The molecular weight excluding hydrogens is 396 g/mol. The maximum atomic E-state index is 13.2. The van der Waals surface area contributed by atoms with Crippen LogP contribution < -0.4 is 5.32 Å². The molecule has 2 aromatic carbocycles. The third-order valence-corrected chi connectivity index (χ3v) is 5.79. The van der Waals surface area contributed by atoms with Crippen molar-refractivity contribution in [2.24, 2.45) is 0 Å². The molecule has 1 aromatic heterocycles. The molecular formula is C19H16F4N2O2S. The quantitative estimate of drug-likeness (QED) is 0.637. The van der Waals surface area contributed by atoms with E-state index in [0.717, 1.165) is 28.2 Å². The van der Waals surface area contributed by atoms with E-state index in [0.29, 0.717) is 17.7 Å². The summed E-state index contributed by atoms with van der Waals surface area (Å²) < 4.78 is 78.6. The molecule has 0 radical (unpaired) electrons. The molecule has 148 valence electrons. The number of alkyl halides is 3. The summed E-state index contributed by atoms with van der Waals surface area (Å²) in [6.45, 7) is 0.379. The number of rotatable bonds is 5. The molecule has 0 amide bonds. The normalized spacial score (nSPS) is 12.3. The second-order valence-electron chi connectivity index (χ2n) is 6.09. The van der Waals surface area contributed by atoms with Crippen LogP contribution >= 0.6 is 0 Å². The average molecular weight is 412 g/mol. The first-order chi connectivity index (χ1) is 13.1. The second-order valence-corrected chi connectivity index (χ2v) is 7.91. The SMILES string of the molecule is CNCc1cc(-c2ccc(F)cc2)n(S(=O)(=O)c2ccc(C(F)(F)F)cc2)c1. The van der Waals surface area contributed by atoms with Crippen LogP contribution in [0.2, 0.25) is 0 Å². The van der Waals surface area contributed by atoms with Crippen LogP contribution in [0.3, 0.4) is 0 Å². The molecule has 28 heavy (non-hydrogen) atoms. The summed E-state index contributed by atoms with van der Waals surface area (Å²) in [6, 6.07) is 10.2. The second kappa shape index (κ2) is 7.40. The van der Waals surface area contributed by atoms with Crippen LogP contribution in [-0.2, 0) is 22.7 Å². The van der Waals surface area contributed by atoms with Crippen molar-refractivity contribution in [3.8, 4) is 11.3 Å². The van der Waals surface area contributed by atoms with Gasteiger partial charge in [-0.25, -0.2) is 16.8 Å². The first-order valence-electron chi connectivity index (χ1n) is 8.17. The molecule has 4 nitrogen and oxygen atoms in total. The predicted octanol–water partition coefficient (Wildman–Crippen LogP) is 4.27. The van der Waals surface area contributed by atoms with Crippen molar-refractivity contribution in [2.45, 2.75) is 17.6 Å². The largest absolute Gasteiger partial charge is 0.416 e. The first kappa shape index (κ1) is 20.1. The Kier molecular flexibility index (Phi) is 5.31. The summed E-state index contributed by atoms with van der Waals surface area (Å²) >= 11 is 0. The number of nitrogens with one attached hydrogen (secondary N) is 1. The Hall–Kier alpha value is -2.65. The van der Waals surface area contributed by atoms with Crippen molar-refractivity contribution < 1.29 is 26.0 Å². The Balaban J connectivity index is 2.11. The third-order valence-electron chi connectivity index (χ3n) is 4.10. The van der Waals surface area contributed by atoms with Gasteiger partial charge in [0, 0.05) is 12.7 Å². The van der Waals surface area contributed by atoms with Gasteiger partial charge in [0.05, 0.1) is 16.2 Å². The number of halogens is 4. The Morgan fingerprint density at radius 3 is 2.14 bits per heavy atom. The van der Waals surface area contributed by atoms with Gasteiger partial charge in [0.25, 0.3) is 10.0 Å². The summed E-state index contributed by atoms with van der Waals surface area (Å²) in [5.41, 5.74) is 0.454. The molecule has 1 heterocycles. The molecule has 0 saturated carbocycles. The molecule has 9 heteroatoms. The molecule has 0 saturated heterocycles. The van der Waals surface area contributed by atoms with Crippen molar-refractivity contribution in [2.75, 3.05) is 7.05 Å². The fraction of sp³-hybridized carbons (Fsp3) is 0.158.